The summed E-state index contributed by atoms with van der Waals surface area (Å²) in [7, 11) is 0. The number of benzene rings is 2. The lowest BCUT2D eigenvalue weighted by Gasteiger charge is -2.09. The van der Waals surface area contributed by atoms with E-state index in [0.29, 0.717) is 12.2 Å². The highest BCUT2D eigenvalue weighted by Crippen LogP contribution is 2.22. The summed E-state index contributed by atoms with van der Waals surface area (Å²) in [6, 6.07) is 11.7. The number of para-hydroxylation sites is 2. The Morgan fingerprint density at radius 2 is 1.96 bits per heavy atom. The Balaban J connectivity index is 1.71. The monoisotopic (exact) mass is 333 g/mol. The fourth-order valence-electron chi connectivity index (χ4n) is 1.94. The molecule has 7 nitrogen and oxygen atoms in total. The lowest BCUT2D eigenvalue weighted by atomic mass is 10.2. The van der Waals surface area contributed by atoms with Crippen molar-refractivity contribution < 1.29 is 18.8 Å². The molecule has 8 heteroatoms. The zero-order valence-corrected chi connectivity index (χ0v) is 12.7. The molecule has 126 valence electrons. The van der Waals surface area contributed by atoms with Gasteiger partial charge in [-0.2, -0.15) is 0 Å². The largest absolute Gasteiger partial charge is 0.484 e. The molecule has 2 aromatic rings. The number of carbonyl (C=O) groups excluding carboxylic acids is 1. The second-order valence-corrected chi connectivity index (χ2v) is 4.80. The average molecular weight is 333 g/mol. The van der Waals surface area contributed by atoms with E-state index in [9.17, 15) is 19.3 Å². The van der Waals surface area contributed by atoms with Gasteiger partial charge >= 0.3 is 0 Å². The number of nitrogens with zero attached hydrogens (tertiary/aromatic N) is 1. The van der Waals surface area contributed by atoms with Crippen LogP contribution in [-0.2, 0) is 4.79 Å². The van der Waals surface area contributed by atoms with Crippen LogP contribution in [0.4, 0.5) is 15.8 Å². The molecule has 2 aromatic carbocycles. The molecule has 0 spiro atoms. The van der Waals surface area contributed by atoms with Gasteiger partial charge in [-0.25, -0.2) is 4.39 Å². The number of rotatable bonds is 8. The SMILES string of the molecule is O=C(COc1cccc(F)c1)NCCNc1ccccc1[N+](=O)[O-]. The summed E-state index contributed by atoms with van der Waals surface area (Å²) in [5, 5.41) is 16.3. The maximum absolute atomic E-state index is 13.0. The standard InChI is InChI=1S/C16H16FN3O4/c17-12-4-3-5-13(10-12)24-11-16(21)19-9-8-18-14-6-1-2-7-15(14)20(22)23/h1-7,10,18H,8-9,11H2,(H,19,21). The number of nitrogens with one attached hydrogen (secondary N) is 2. The normalized spacial score (nSPS) is 10.0. The van der Waals surface area contributed by atoms with Gasteiger partial charge in [0.15, 0.2) is 6.61 Å². The molecule has 0 saturated carbocycles. The summed E-state index contributed by atoms with van der Waals surface area (Å²) >= 11 is 0. The van der Waals surface area contributed by atoms with Crippen molar-refractivity contribution in [2.75, 3.05) is 25.0 Å². The Hall–Kier alpha value is -3.16. The molecule has 0 aromatic heterocycles. The molecule has 24 heavy (non-hydrogen) atoms. The van der Waals surface area contributed by atoms with Crippen LogP contribution in [-0.4, -0.2) is 30.5 Å². The van der Waals surface area contributed by atoms with Crippen LogP contribution < -0.4 is 15.4 Å². The lowest BCUT2D eigenvalue weighted by Crippen LogP contribution is -2.32. The molecule has 0 fully saturated rings. The van der Waals surface area contributed by atoms with E-state index in [-0.39, 0.29) is 30.5 Å². The molecule has 0 aliphatic heterocycles. The number of carbonyl (C=O) groups is 1. The predicted octanol–water partition coefficient (Wildman–Crippen LogP) is 2.34. The third kappa shape index (κ3) is 5.24. The van der Waals surface area contributed by atoms with Crippen LogP contribution in [0.5, 0.6) is 5.75 Å². The van der Waals surface area contributed by atoms with Gasteiger partial charge in [0.2, 0.25) is 0 Å². The Bertz CT molecular complexity index is 724. The van der Waals surface area contributed by atoms with Crippen molar-refractivity contribution in [2.45, 2.75) is 0 Å². The fraction of sp³-hybridized carbons (Fsp3) is 0.188. The first-order valence-electron chi connectivity index (χ1n) is 7.18. The van der Waals surface area contributed by atoms with E-state index in [1.807, 2.05) is 0 Å². The van der Waals surface area contributed by atoms with Crippen LogP contribution >= 0.6 is 0 Å². The minimum atomic E-state index is -0.478. The third-order valence-corrected chi connectivity index (χ3v) is 3.03. The fourth-order valence-corrected chi connectivity index (χ4v) is 1.94. The van der Waals surface area contributed by atoms with Crippen LogP contribution in [0.2, 0.25) is 0 Å². The molecule has 0 aliphatic rings. The number of amides is 1. The summed E-state index contributed by atoms with van der Waals surface area (Å²) in [5.41, 5.74) is 0.353. The summed E-state index contributed by atoms with van der Waals surface area (Å²) in [6.07, 6.45) is 0. The van der Waals surface area contributed by atoms with Gasteiger partial charge < -0.3 is 15.4 Å². The van der Waals surface area contributed by atoms with E-state index in [4.69, 9.17) is 4.74 Å². The van der Waals surface area contributed by atoms with Crippen LogP contribution in [0.25, 0.3) is 0 Å². The molecule has 2 rings (SSSR count). The van der Waals surface area contributed by atoms with Crippen molar-refractivity contribution in [1.82, 2.24) is 5.32 Å². The van der Waals surface area contributed by atoms with Gasteiger partial charge in [-0.3, -0.25) is 14.9 Å². The first kappa shape index (κ1) is 17.2. The van der Waals surface area contributed by atoms with Crippen molar-refractivity contribution >= 4 is 17.3 Å². The van der Waals surface area contributed by atoms with E-state index >= 15 is 0 Å². The van der Waals surface area contributed by atoms with E-state index in [0.717, 1.165) is 0 Å². The van der Waals surface area contributed by atoms with Crippen molar-refractivity contribution in [2.24, 2.45) is 0 Å². The van der Waals surface area contributed by atoms with Gasteiger partial charge in [0.25, 0.3) is 11.6 Å². The van der Waals surface area contributed by atoms with Gasteiger partial charge in [0.05, 0.1) is 4.92 Å². The molecule has 0 bridgehead atoms. The number of hydrogen-bond acceptors (Lipinski definition) is 5. The minimum Gasteiger partial charge on any atom is -0.484 e. The number of anilines is 1. The Morgan fingerprint density at radius 3 is 2.71 bits per heavy atom. The Morgan fingerprint density at radius 1 is 1.17 bits per heavy atom. The smallest absolute Gasteiger partial charge is 0.292 e. The zero-order chi connectivity index (χ0) is 17.4. The van der Waals surface area contributed by atoms with E-state index in [2.05, 4.69) is 10.6 Å². The topological polar surface area (TPSA) is 93.5 Å². The number of nitro benzene ring substituents is 1. The summed E-state index contributed by atoms with van der Waals surface area (Å²) in [6.45, 7) is 0.336. The van der Waals surface area contributed by atoms with Crippen molar-refractivity contribution in [3.05, 3.63) is 64.5 Å². The molecule has 1 amide bonds. The quantitative estimate of drug-likeness (QED) is 0.439. The molecule has 0 radical (unpaired) electrons. The second-order valence-electron chi connectivity index (χ2n) is 4.80. The number of halogens is 1. The molecular weight excluding hydrogens is 317 g/mol. The van der Waals surface area contributed by atoms with Crippen LogP contribution in [0, 0.1) is 15.9 Å². The van der Waals surface area contributed by atoms with E-state index in [1.165, 1.54) is 24.3 Å². The van der Waals surface area contributed by atoms with Crippen molar-refractivity contribution in [1.29, 1.82) is 0 Å². The molecule has 0 heterocycles. The molecule has 0 unspecified atom stereocenters. The van der Waals surface area contributed by atoms with Gasteiger partial charge in [0, 0.05) is 25.2 Å². The molecule has 2 N–H and O–H groups in total. The first-order chi connectivity index (χ1) is 11.6. The van der Waals surface area contributed by atoms with Crippen LogP contribution in [0.1, 0.15) is 0 Å². The summed E-state index contributed by atoms with van der Waals surface area (Å²) < 4.78 is 18.1. The maximum atomic E-state index is 13.0. The molecule has 0 saturated heterocycles. The third-order valence-electron chi connectivity index (χ3n) is 3.03. The summed E-state index contributed by atoms with van der Waals surface area (Å²) in [5.74, 6) is -0.548. The van der Waals surface area contributed by atoms with Gasteiger partial charge in [-0.1, -0.05) is 18.2 Å². The highest BCUT2D eigenvalue weighted by Gasteiger charge is 2.11. The maximum Gasteiger partial charge on any atom is 0.292 e. The van der Waals surface area contributed by atoms with E-state index < -0.39 is 10.7 Å². The number of ether oxygens (including phenoxy) is 1. The van der Waals surface area contributed by atoms with Crippen LogP contribution in [0.3, 0.4) is 0 Å². The molecular formula is C16H16FN3O4. The van der Waals surface area contributed by atoms with Crippen LogP contribution in [0.15, 0.2) is 48.5 Å². The van der Waals surface area contributed by atoms with E-state index in [1.54, 1.807) is 24.3 Å². The predicted molar refractivity (Wildman–Crippen MR) is 86.5 cm³/mol. The van der Waals surface area contributed by atoms with Crippen molar-refractivity contribution in [3.63, 3.8) is 0 Å². The highest BCUT2D eigenvalue weighted by molar-refractivity contribution is 5.77. The first-order valence-corrected chi connectivity index (χ1v) is 7.18. The highest BCUT2D eigenvalue weighted by atomic mass is 19.1. The van der Waals surface area contributed by atoms with Gasteiger partial charge in [-0.05, 0) is 18.2 Å². The van der Waals surface area contributed by atoms with Crippen molar-refractivity contribution in [3.8, 4) is 5.75 Å². The number of nitro groups is 1. The second kappa shape index (κ2) is 8.47. The number of hydrogen-bond donors (Lipinski definition) is 2. The Labute approximate surface area is 137 Å². The molecule has 0 atom stereocenters. The average Bonchev–Trinajstić information content (AvgIpc) is 2.57. The zero-order valence-electron chi connectivity index (χ0n) is 12.7. The minimum absolute atomic E-state index is 0.0294. The summed E-state index contributed by atoms with van der Waals surface area (Å²) in [4.78, 5) is 22.0. The van der Waals surface area contributed by atoms with Gasteiger partial charge in [0.1, 0.15) is 17.3 Å². The van der Waals surface area contributed by atoms with Gasteiger partial charge in [-0.15, -0.1) is 0 Å². The lowest BCUT2D eigenvalue weighted by molar-refractivity contribution is -0.384. The molecule has 0 aliphatic carbocycles. The Kier molecular flexibility index (Phi) is 6.07.